The molecule has 1 atom stereocenters. The van der Waals surface area contributed by atoms with E-state index in [-0.39, 0.29) is 25.0 Å². The quantitative estimate of drug-likeness (QED) is 0.719. The average molecular weight is 356 g/mol. The summed E-state index contributed by atoms with van der Waals surface area (Å²) < 4.78 is 0. The van der Waals surface area contributed by atoms with Crippen LogP contribution in [0.3, 0.4) is 0 Å². The molecule has 1 heterocycles. The second-order valence-corrected chi connectivity index (χ2v) is 6.73. The Hall–Kier alpha value is -1.50. The Bertz CT molecular complexity index is 560. The van der Waals surface area contributed by atoms with E-state index in [1.54, 1.807) is 0 Å². The lowest BCUT2D eigenvalue weighted by Gasteiger charge is -2.38. The van der Waals surface area contributed by atoms with E-state index >= 15 is 0 Å². The van der Waals surface area contributed by atoms with Gasteiger partial charge in [0, 0.05) is 38.6 Å². The fraction of sp³-hybridized carbons (Fsp3) is 0.588. The van der Waals surface area contributed by atoms with Gasteiger partial charge < -0.3 is 25.3 Å². The number of amides is 1. The molecule has 0 saturated carbocycles. The summed E-state index contributed by atoms with van der Waals surface area (Å²) in [5.74, 6) is 0.187. The third kappa shape index (κ3) is 4.53. The molecule has 1 aromatic carbocycles. The number of aliphatic hydroxyl groups excluding tert-OH is 2. The molecule has 0 radical (unpaired) electrons. The first kappa shape index (κ1) is 18.8. The summed E-state index contributed by atoms with van der Waals surface area (Å²) >= 11 is 6.39. The van der Waals surface area contributed by atoms with Gasteiger partial charge in [-0.1, -0.05) is 31.5 Å². The van der Waals surface area contributed by atoms with Gasteiger partial charge in [-0.2, -0.15) is 0 Å². The number of piperazine rings is 1. The van der Waals surface area contributed by atoms with Crippen molar-refractivity contribution >= 4 is 28.9 Å². The van der Waals surface area contributed by atoms with Crippen molar-refractivity contribution in [3.05, 3.63) is 23.2 Å². The molecule has 0 aliphatic carbocycles. The molecule has 2 rings (SSSR count). The van der Waals surface area contributed by atoms with Crippen molar-refractivity contribution < 1.29 is 15.0 Å². The number of hydrogen-bond donors (Lipinski definition) is 3. The van der Waals surface area contributed by atoms with E-state index in [1.807, 2.05) is 36.9 Å². The van der Waals surface area contributed by atoms with Gasteiger partial charge in [-0.15, -0.1) is 0 Å². The SMILES string of the molecule is CC(C)C(=O)N1CCN(c2c(Cl)cccc2NCC(O)CO)CC1. The summed E-state index contributed by atoms with van der Waals surface area (Å²) in [6.07, 6.45) is -0.822. The summed E-state index contributed by atoms with van der Waals surface area (Å²) in [4.78, 5) is 16.1. The number of halogens is 1. The van der Waals surface area contributed by atoms with Crippen LogP contribution in [0.5, 0.6) is 0 Å². The van der Waals surface area contributed by atoms with Gasteiger partial charge >= 0.3 is 0 Å². The minimum atomic E-state index is -0.822. The van der Waals surface area contributed by atoms with Gasteiger partial charge in [-0.05, 0) is 12.1 Å². The van der Waals surface area contributed by atoms with Crippen molar-refractivity contribution in [3.8, 4) is 0 Å². The van der Waals surface area contributed by atoms with Gasteiger partial charge in [-0.3, -0.25) is 4.79 Å². The number of aliphatic hydroxyl groups is 2. The highest BCUT2D eigenvalue weighted by Gasteiger charge is 2.25. The Morgan fingerprint density at radius 2 is 1.96 bits per heavy atom. The van der Waals surface area contributed by atoms with E-state index in [4.69, 9.17) is 16.7 Å². The molecule has 134 valence electrons. The first-order valence-corrected chi connectivity index (χ1v) is 8.67. The fourth-order valence-corrected chi connectivity index (χ4v) is 3.08. The minimum absolute atomic E-state index is 0.00839. The molecule has 1 aromatic rings. The Labute approximate surface area is 148 Å². The standard InChI is InChI=1S/C17H26ClN3O3/c1-12(2)17(24)21-8-6-20(7-9-21)16-14(18)4-3-5-15(16)19-10-13(23)11-22/h3-5,12-13,19,22-23H,6-11H2,1-2H3. The molecule has 1 aliphatic rings. The van der Waals surface area contributed by atoms with Crippen molar-refractivity contribution in [2.24, 2.45) is 5.92 Å². The normalized spacial score (nSPS) is 16.4. The number of nitrogens with zero attached hydrogens (tertiary/aromatic N) is 2. The number of para-hydroxylation sites is 1. The van der Waals surface area contributed by atoms with Crippen molar-refractivity contribution in [1.82, 2.24) is 4.90 Å². The highest BCUT2D eigenvalue weighted by molar-refractivity contribution is 6.34. The summed E-state index contributed by atoms with van der Waals surface area (Å²) in [5.41, 5.74) is 1.69. The van der Waals surface area contributed by atoms with Crippen molar-refractivity contribution in [1.29, 1.82) is 0 Å². The maximum Gasteiger partial charge on any atom is 0.225 e. The van der Waals surface area contributed by atoms with Gasteiger partial charge in [0.15, 0.2) is 0 Å². The van der Waals surface area contributed by atoms with Crippen molar-refractivity contribution in [3.63, 3.8) is 0 Å². The molecular weight excluding hydrogens is 330 g/mol. The number of carbonyl (C=O) groups excluding carboxylic acids is 1. The molecule has 24 heavy (non-hydrogen) atoms. The van der Waals surface area contributed by atoms with Gasteiger partial charge in [0.25, 0.3) is 0 Å². The number of rotatable bonds is 6. The van der Waals surface area contributed by atoms with Crippen LogP contribution in [0.2, 0.25) is 5.02 Å². The third-order valence-electron chi connectivity index (χ3n) is 4.13. The van der Waals surface area contributed by atoms with Crippen LogP contribution >= 0.6 is 11.6 Å². The lowest BCUT2D eigenvalue weighted by molar-refractivity contribution is -0.134. The van der Waals surface area contributed by atoms with E-state index in [2.05, 4.69) is 10.2 Å². The van der Waals surface area contributed by atoms with Crippen molar-refractivity contribution in [2.75, 3.05) is 49.5 Å². The van der Waals surface area contributed by atoms with Crippen LogP contribution in [-0.4, -0.2) is 66.5 Å². The van der Waals surface area contributed by atoms with Gasteiger partial charge in [-0.25, -0.2) is 0 Å². The topological polar surface area (TPSA) is 76.0 Å². The molecule has 1 fully saturated rings. The van der Waals surface area contributed by atoms with Gasteiger partial charge in [0.2, 0.25) is 5.91 Å². The van der Waals surface area contributed by atoms with Crippen LogP contribution in [0.4, 0.5) is 11.4 Å². The van der Waals surface area contributed by atoms with Crippen molar-refractivity contribution in [2.45, 2.75) is 20.0 Å². The molecule has 3 N–H and O–H groups in total. The summed E-state index contributed by atoms with van der Waals surface area (Å²) in [7, 11) is 0. The maximum absolute atomic E-state index is 12.1. The van der Waals surface area contributed by atoms with Crippen LogP contribution in [0.25, 0.3) is 0 Å². The number of carbonyl (C=O) groups is 1. The highest BCUT2D eigenvalue weighted by atomic mass is 35.5. The molecule has 1 unspecified atom stereocenters. The minimum Gasteiger partial charge on any atom is -0.394 e. The van der Waals surface area contributed by atoms with Gasteiger partial charge in [0.05, 0.1) is 29.1 Å². The smallest absolute Gasteiger partial charge is 0.225 e. The molecule has 6 nitrogen and oxygen atoms in total. The summed E-state index contributed by atoms with van der Waals surface area (Å²) in [6.45, 7) is 6.53. The van der Waals surface area contributed by atoms with Gasteiger partial charge in [0.1, 0.15) is 0 Å². The first-order valence-electron chi connectivity index (χ1n) is 8.29. The van der Waals surface area contributed by atoms with Crippen LogP contribution < -0.4 is 10.2 Å². The number of anilines is 2. The lowest BCUT2D eigenvalue weighted by Crippen LogP contribution is -2.50. The summed E-state index contributed by atoms with van der Waals surface area (Å²) in [5, 5.41) is 22.2. The van der Waals surface area contributed by atoms with Crippen LogP contribution in [0.1, 0.15) is 13.8 Å². The largest absolute Gasteiger partial charge is 0.394 e. The molecule has 1 amide bonds. The molecule has 1 saturated heterocycles. The molecule has 1 aliphatic heterocycles. The molecule has 7 heteroatoms. The van der Waals surface area contributed by atoms with Crippen LogP contribution in [-0.2, 0) is 4.79 Å². The number of hydrogen-bond acceptors (Lipinski definition) is 5. The third-order valence-corrected chi connectivity index (χ3v) is 4.43. The highest BCUT2D eigenvalue weighted by Crippen LogP contribution is 2.34. The van der Waals surface area contributed by atoms with Crippen LogP contribution in [0, 0.1) is 5.92 Å². The van der Waals surface area contributed by atoms with E-state index in [1.165, 1.54) is 0 Å². The first-order chi connectivity index (χ1) is 11.4. The monoisotopic (exact) mass is 355 g/mol. The van der Waals surface area contributed by atoms with E-state index in [0.29, 0.717) is 31.2 Å². The molecular formula is C17H26ClN3O3. The molecule has 0 bridgehead atoms. The second-order valence-electron chi connectivity index (χ2n) is 6.32. The molecule has 0 spiro atoms. The number of nitrogens with one attached hydrogen (secondary N) is 1. The fourth-order valence-electron chi connectivity index (χ4n) is 2.79. The predicted octanol–water partition coefficient (Wildman–Crippen LogP) is 1.41. The van der Waals surface area contributed by atoms with E-state index in [0.717, 1.165) is 11.4 Å². The zero-order valence-corrected chi connectivity index (χ0v) is 15.0. The lowest BCUT2D eigenvalue weighted by atomic mass is 10.1. The Balaban J connectivity index is 2.08. The van der Waals surface area contributed by atoms with Crippen LogP contribution in [0.15, 0.2) is 18.2 Å². The van der Waals surface area contributed by atoms with E-state index < -0.39 is 6.10 Å². The Morgan fingerprint density at radius 3 is 2.54 bits per heavy atom. The average Bonchev–Trinajstić information content (AvgIpc) is 2.59. The Kier molecular flexibility index (Phi) is 6.71. The Morgan fingerprint density at radius 1 is 1.29 bits per heavy atom. The molecule has 0 aromatic heterocycles. The zero-order chi connectivity index (χ0) is 17.7. The summed E-state index contributed by atoms with van der Waals surface area (Å²) in [6, 6.07) is 5.57. The van der Waals surface area contributed by atoms with E-state index in [9.17, 15) is 9.90 Å². The number of benzene rings is 1. The maximum atomic E-state index is 12.1. The zero-order valence-electron chi connectivity index (χ0n) is 14.2. The predicted molar refractivity (Wildman–Crippen MR) is 96.7 cm³/mol. The second kappa shape index (κ2) is 8.55.